The van der Waals surface area contributed by atoms with E-state index in [1.807, 2.05) is 31.2 Å². The van der Waals surface area contributed by atoms with Crippen molar-refractivity contribution in [1.82, 2.24) is 10.1 Å². The molecule has 0 aliphatic rings. The minimum absolute atomic E-state index is 0.102. The number of hydrogen-bond donors (Lipinski definition) is 0. The second-order valence-corrected chi connectivity index (χ2v) is 5.65. The molecule has 0 radical (unpaired) electrons. The van der Waals surface area contributed by atoms with E-state index in [2.05, 4.69) is 10.1 Å². The van der Waals surface area contributed by atoms with E-state index >= 15 is 0 Å². The lowest BCUT2D eigenvalue weighted by Crippen LogP contribution is -1.97. The Balaban J connectivity index is 1.74. The quantitative estimate of drug-likeness (QED) is 0.614. The molecule has 3 rings (SSSR count). The van der Waals surface area contributed by atoms with Crippen LogP contribution in [0.3, 0.4) is 0 Å². The molecule has 3 aromatic rings. The van der Waals surface area contributed by atoms with Crippen LogP contribution in [0.2, 0.25) is 10.0 Å². The molecule has 0 aliphatic carbocycles. The van der Waals surface area contributed by atoms with E-state index < -0.39 is 0 Å². The van der Waals surface area contributed by atoms with Crippen LogP contribution in [0.25, 0.3) is 11.4 Å². The molecule has 0 bridgehead atoms. The van der Waals surface area contributed by atoms with Crippen molar-refractivity contribution >= 4 is 23.2 Å². The Morgan fingerprint density at radius 3 is 2.67 bits per heavy atom. The summed E-state index contributed by atoms with van der Waals surface area (Å²) in [6, 6.07) is 12.5. The Labute approximate surface area is 149 Å². The molecule has 0 atom stereocenters. The molecular formula is C17H14Cl2N2O3. The first-order valence-corrected chi connectivity index (χ1v) is 8.05. The van der Waals surface area contributed by atoms with Gasteiger partial charge in [0.15, 0.2) is 6.61 Å². The summed E-state index contributed by atoms with van der Waals surface area (Å²) in [7, 11) is 0. The van der Waals surface area contributed by atoms with E-state index in [1.54, 1.807) is 18.2 Å². The van der Waals surface area contributed by atoms with Crippen LogP contribution < -0.4 is 9.47 Å². The Morgan fingerprint density at radius 1 is 1.04 bits per heavy atom. The van der Waals surface area contributed by atoms with Crippen LogP contribution in [-0.2, 0) is 6.61 Å². The summed E-state index contributed by atoms with van der Waals surface area (Å²) < 4.78 is 16.4. The van der Waals surface area contributed by atoms with E-state index in [9.17, 15) is 0 Å². The van der Waals surface area contributed by atoms with E-state index in [0.29, 0.717) is 39.9 Å². The van der Waals surface area contributed by atoms with Crippen molar-refractivity contribution in [3.8, 4) is 22.9 Å². The van der Waals surface area contributed by atoms with Gasteiger partial charge in [-0.25, -0.2) is 0 Å². The van der Waals surface area contributed by atoms with E-state index in [-0.39, 0.29) is 6.61 Å². The monoisotopic (exact) mass is 364 g/mol. The number of aromatic nitrogens is 2. The van der Waals surface area contributed by atoms with Gasteiger partial charge in [0.2, 0.25) is 5.82 Å². The van der Waals surface area contributed by atoms with Crippen LogP contribution in [0.4, 0.5) is 0 Å². The van der Waals surface area contributed by atoms with Crippen molar-refractivity contribution in [3.05, 3.63) is 58.4 Å². The van der Waals surface area contributed by atoms with Crippen molar-refractivity contribution in [1.29, 1.82) is 0 Å². The van der Waals surface area contributed by atoms with Gasteiger partial charge in [0.05, 0.1) is 17.2 Å². The van der Waals surface area contributed by atoms with Gasteiger partial charge in [-0.15, -0.1) is 0 Å². The van der Waals surface area contributed by atoms with Gasteiger partial charge in [-0.1, -0.05) is 40.5 Å². The summed E-state index contributed by atoms with van der Waals surface area (Å²) in [5, 5.41) is 4.94. The molecule has 24 heavy (non-hydrogen) atoms. The normalized spacial score (nSPS) is 10.6. The number of para-hydroxylation sites is 1. The molecular weight excluding hydrogens is 351 g/mol. The van der Waals surface area contributed by atoms with Gasteiger partial charge in [0.1, 0.15) is 11.5 Å². The van der Waals surface area contributed by atoms with Gasteiger partial charge < -0.3 is 14.0 Å². The van der Waals surface area contributed by atoms with E-state index in [0.717, 1.165) is 5.56 Å². The Morgan fingerprint density at radius 2 is 1.88 bits per heavy atom. The lowest BCUT2D eigenvalue weighted by atomic mass is 10.2. The predicted molar refractivity (Wildman–Crippen MR) is 91.7 cm³/mol. The topological polar surface area (TPSA) is 57.4 Å². The fourth-order valence-electron chi connectivity index (χ4n) is 2.09. The molecule has 1 aromatic heterocycles. The molecule has 7 heteroatoms. The molecule has 2 aromatic carbocycles. The average Bonchev–Trinajstić information content (AvgIpc) is 3.04. The fraction of sp³-hybridized carbons (Fsp3) is 0.176. The standard InChI is InChI=1S/C17H14Cl2N2O3/c1-2-22-14-6-4-3-5-12(14)17-20-16(24-21-17)10-23-15-8-7-11(18)9-13(15)19/h3-9H,2,10H2,1H3. The zero-order chi connectivity index (χ0) is 16.9. The summed E-state index contributed by atoms with van der Waals surface area (Å²) >= 11 is 11.9. The van der Waals surface area contributed by atoms with Gasteiger partial charge in [-0.3, -0.25) is 0 Å². The first-order valence-electron chi connectivity index (χ1n) is 7.30. The predicted octanol–water partition coefficient (Wildman–Crippen LogP) is 5.02. The summed E-state index contributed by atoms with van der Waals surface area (Å²) in [5.41, 5.74) is 0.763. The minimum Gasteiger partial charge on any atom is -0.493 e. The maximum Gasteiger partial charge on any atom is 0.264 e. The third kappa shape index (κ3) is 3.80. The third-order valence-electron chi connectivity index (χ3n) is 3.14. The van der Waals surface area contributed by atoms with Crippen molar-refractivity contribution in [3.63, 3.8) is 0 Å². The summed E-state index contributed by atoms with van der Waals surface area (Å²) in [6.07, 6.45) is 0. The Kier molecular flexibility index (Phi) is 5.23. The second kappa shape index (κ2) is 7.55. The van der Waals surface area contributed by atoms with Crippen LogP contribution in [0, 0.1) is 0 Å². The number of halogens is 2. The first-order chi connectivity index (χ1) is 11.7. The van der Waals surface area contributed by atoms with Gasteiger partial charge in [0, 0.05) is 5.02 Å². The maximum absolute atomic E-state index is 6.06. The zero-order valence-corrected chi connectivity index (χ0v) is 14.3. The Bertz CT molecular complexity index is 836. The fourth-order valence-corrected chi connectivity index (χ4v) is 2.55. The number of nitrogens with zero attached hydrogens (tertiary/aromatic N) is 2. The van der Waals surface area contributed by atoms with E-state index in [1.165, 1.54) is 0 Å². The molecule has 124 valence electrons. The van der Waals surface area contributed by atoms with Crippen molar-refractivity contribution in [2.45, 2.75) is 13.5 Å². The lowest BCUT2D eigenvalue weighted by molar-refractivity contribution is 0.243. The molecule has 1 heterocycles. The van der Waals surface area contributed by atoms with Gasteiger partial charge >= 0.3 is 0 Å². The highest BCUT2D eigenvalue weighted by atomic mass is 35.5. The number of ether oxygens (including phenoxy) is 2. The molecule has 0 saturated heterocycles. The van der Waals surface area contributed by atoms with Crippen LogP contribution >= 0.6 is 23.2 Å². The van der Waals surface area contributed by atoms with Crippen LogP contribution in [0.5, 0.6) is 11.5 Å². The smallest absolute Gasteiger partial charge is 0.264 e. The van der Waals surface area contributed by atoms with E-state index in [4.69, 9.17) is 37.2 Å². The maximum atomic E-state index is 6.06. The molecule has 0 unspecified atom stereocenters. The van der Waals surface area contributed by atoms with Crippen molar-refractivity contribution < 1.29 is 14.0 Å². The van der Waals surface area contributed by atoms with Crippen LogP contribution in [-0.4, -0.2) is 16.7 Å². The van der Waals surface area contributed by atoms with Gasteiger partial charge in [-0.2, -0.15) is 4.98 Å². The highest BCUT2D eigenvalue weighted by molar-refractivity contribution is 6.35. The zero-order valence-electron chi connectivity index (χ0n) is 12.8. The number of benzene rings is 2. The molecule has 0 fully saturated rings. The molecule has 0 spiro atoms. The van der Waals surface area contributed by atoms with Gasteiger partial charge in [0.25, 0.3) is 5.89 Å². The lowest BCUT2D eigenvalue weighted by Gasteiger charge is -2.06. The van der Waals surface area contributed by atoms with Crippen molar-refractivity contribution in [2.24, 2.45) is 0 Å². The number of rotatable bonds is 6. The summed E-state index contributed by atoms with van der Waals surface area (Å²) in [6.45, 7) is 2.58. The number of hydrogen-bond acceptors (Lipinski definition) is 5. The second-order valence-electron chi connectivity index (χ2n) is 4.80. The highest BCUT2D eigenvalue weighted by Crippen LogP contribution is 2.29. The molecule has 5 nitrogen and oxygen atoms in total. The highest BCUT2D eigenvalue weighted by Gasteiger charge is 2.14. The molecule has 0 saturated carbocycles. The van der Waals surface area contributed by atoms with Crippen LogP contribution in [0.1, 0.15) is 12.8 Å². The van der Waals surface area contributed by atoms with Crippen molar-refractivity contribution in [2.75, 3.05) is 6.61 Å². The summed E-state index contributed by atoms with van der Waals surface area (Å²) in [4.78, 5) is 4.33. The molecule has 0 amide bonds. The van der Waals surface area contributed by atoms with Gasteiger partial charge in [-0.05, 0) is 37.3 Å². The average molecular weight is 365 g/mol. The molecule has 0 aliphatic heterocycles. The Hall–Kier alpha value is -2.24. The molecule has 0 N–H and O–H groups in total. The summed E-state index contributed by atoms with van der Waals surface area (Å²) in [5.74, 6) is 1.98. The minimum atomic E-state index is 0.102. The SMILES string of the molecule is CCOc1ccccc1-c1noc(COc2ccc(Cl)cc2Cl)n1. The first kappa shape index (κ1) is 16.6. The third-order valence-corrected chi connectivity index (χ3v) is 3.67. The largest absolute Gasteiger partial charge is 0.493 e. The van der Waals surface area contributed by atoms with Crippen LogP contribution in [0.15, 0.2) is 47.0 Å².